The molecule has 0 unspecified atom stereocenters. The van der Waals surface area contributed by atoms with Gasteiger partial charge in [-0.3, -0.25) is 4.79 Å². The van der Waals surface area contributed by atoms with Crippen LogP contribution in [0.5, 0.6) is 0 Å². The van der Waals surface area contributed by atoms with Crippen LogP contribution in [0.1, 0.15) is 71.5 Å². The van der Waals surface area contributed by atoms with Gasteiger partial charge in [-0.15, -0.1) is 11.8 Å². The minimum Gasteiger partial charge on any atom is -0.445 e. The van der Waals surface area contributed by atoms with E-state index in [0.717, 1.165) is 28.2 Å². The zero-order valence-corrected chi connectivity index (χ0v) is 18.9. The number of amides is 1. The number of anilines is 1. The summed E-state index contributed by atoms with van der Waals surface area (Å²) in [7, 11) is 0. The molecule has 0 aromatic carbocycles. The number of nitrogens with zero attached hydrogens (tertiary/aromatic N) is 2. The van der Waals surface area contributed by atoms with Crippen molar-refractivity contribution in [3.63, 3.8) is 0 Å². The lowest BCUT2D eigenvalue weighted by Gasteiger charge is -2.25. The zero-order chi connectivity index (χ0) is 20.1. The van der Waals surface area contributed by atoms with Crippen LogP contribution in [-0.4, -0.2) is 15.9 Å². The number of aromatic nitrogens is 2. The number of carbonyl (C=O) groups excluding carboxylic acids is 1. The van der Waals surface area contributed by atoms with E-state index in [4.69, 9.17) is 4.42 Å². The molecule has 2 heterocycles. The smallest absolute Gasteiger partial charge is 0.226 e. The molecule has 1 aliphatic carbocycles. The number of nitrogens with one attached hydrogen (secondary N) is 1. The first-order chi connectivity index (χ1) is 13.3. The minimum absolute atomic E-state index is 0.0879. The molecule has 1 aliphatic rings. The van der Waals surface area contributed by atoms with Crippen molar-refractivity contribution in [1.29, 1.82) is 0 Å². The van der Waals surface area contributed by atoms with Crippen molar-refractivity contribution in [2.24, 2.45) is 17.3 Å². The van der Waals surface area contributed by atoms with Gasteiger partial charge in [0.2, 0.25) is 11.8 Å². The molecule has 5 nitrogen and oxygen atoms in total. The Morgan fingerprint density at radius 3 is 2.71 bits per heavy atom. The van der Waals surface area contributed by atoms with Gasteiger partial charge >= 0.3 is 0 Å². The molecule has 0 aliphatic heterocycles. The SMILES string of the molecule is CC1CCC(CC(=O)Nc2ncc(SCc3ncc(CC(C)(C)C)o3)s2)CC1. The zero-order valence-electron chi connectivity index (χ0n) is 17.3. The quantitative estimate of drug-likeness (QED) is 0.542. The normalized spacial score (nSPS) is 20.3. The summed E-state index contributed by atoms with van der Waals surface area (Å²) < 4.78 is 6.88. The van der Waals surface area contributed by atoms with Crippen molar-refractivity contribution in [2.75, 3.05) is 5.32 Å². The largest absolute Gasteiger partial charge is 0.445 e. The predicted molar refractivity (Wildman–Crippen MR) is 116 cm³/mol. The van der Waals surface area contributed by atoms with E-state index in [1.54, 1.807) is 11.8 Å². The Balaban J connectivity index is 1.43. The molecular formula is C21H31N3O2S2. The summed E-state index contributed by atoms with van der Waals surface area (Å²) >= 11 is 3.15. The number of rotatable bonds is 7. The van der Waals surface area contributed by atoms with Gasteiger partial charge in [-0.1, -0.05) is 51.9 Å². The first-order valence-corrected chi connectivity index (χ1v) is 11.9. The van der Waals surface area contributed by atoms with Crippen LogP contribution < -0.4 is 5.32 Å². The molecule has 28 heavy (non-hydrogen) atoms. The average Bonchev–Trinajstić information content (AvgIpc) is 3.23. The van der Waals surface area contributed by atoms with Crippen LogP contribution in [0.4, 0.5) is 5.13 Å². The molecule has 154 valence electrons. The van der Waals surface area contributed by atoms with Crippen LogP contribution in [0, 0.1) is 17.3 Å². The van der Waals surface area contributed by atoms with E-state index in [2.05, 4.69) is 43.0 Å². The van der Waals surface area contributed by atoms with Gasteiger partial charge in [0.25, 0.3) is 0 Å². The molecule has 0 bridgehead atoms. The van der Waals surface area contributed by atoms with Gasteiger partial charge in [-0.05, 0) is 30.1 Å². The van der Waals surface area contributed by atoms with Gasteiger partial charge in [0.1, 0.15) is 5.76 Å². The molecule has 1 amide bonds. The summed E-state index contributed by atoms with van der Waals surface area (Å²) in [5.41, 5.74) is 0.185. The van der Waals surface area contributed by atoms with Crippen molar-refractivity contribution in [1.82, 2.24) is 9.97 Å². The number of thioether (sulfide) groups is 1. The molecular weight excluding hydrogens is 390 g/mol. The highest BCUT2D eigenvalue weighted by Crippen LogP contribution is 2.33. The van der Waals surface area contributed by atoms with E-state index >= 15 is 0 Å². The van der Waals surface area contributed by atoms with Crippen LogP contribution in [0.15, 0.2) is 21.0 Å². The van der Waals surface area contributed by atoms with Crippen LogP contribution in [-0.2, 0) is 17.0 Å². The van der Waals surface area contributed by atoms with E-state index in [1.165, 1.54) is 37.0 Å². The Morgan fingerprint density at radius 1 is 1.25 bits per heavy atom. The number of hydrogen-bond donors (Lipinski definition) is 1. The van der Waals surface area contributed by atoms with E-state index < -0.39 is 0 Å². The maximum Gasteiger partial charge on any atom is 0.226 e. The second-order valence-electron chi connectivity index (χ2n) is 9.11. The molecule has 3 rings (SSSR count). The van der Waals surface area contributed by atoms with E-state index in [1.807, 2.05) is 12.4 Å². The van der Waals surface area contributed by atoms with Crippen molar-refractivity contribution >= 4 is 34.1 Å². The van der Waals surface area contributed by atoms with Crippen LogP contribution in [0.3, 0.4) is 0 Å². The summed E-state index contributed by atoms with van der Waals surface area (Å²) in [5.74, 6) is 3.75. The number of thiazole rings is 1. The molecule has 1 fully saturated rings. The highest BCUT2D eigenvalue weighted by atomic mass is 32.2. The average molecular weight is 422 g/mol. The second kappa shape index (κ2) is 9.44. The highest BCUT2D eigenvalue weighted by Gasteiger charge is 2.21. The third-order valence-electron chi connectivity index (χ3n) is 4.98. The maximum atomic E-state index is 12.3. The van der Waals surface area contributed by atoms with Crippen LogP contribution in [0.25, 0.3) is 0 Å². The summed E-state index contributed by atoms with van der Waals surface area (Å²) in [6.45, 7) is 8.86. The molecule has 0 spiro atoms. The van der Waals surface area contributed by atoms with E-state index in [9.17, 15) is 4.79 Å². The van der Waals surface area contributed by atoms with Crippen molar-refractivity contribution < 1.29 is 9.21 Å². The Kier molecular flexibility index (Phi) is 7.20. The lowest BCUT2D eigenvalue weighted by atomic mass is 9.81. The maximum absolute atomic E-state index is 12.3. The summed E-state index contributed by atoms with van der Waals surface area (Å²) in [6.07, 6.45) is 9.95. The first kappa shape index (κ1) is 21.4. The Morgan fingerprint density at radius 2 is 2.00 bits per heavy atom. The predicted octanol–water partition coefficient (Wildman–Crippen LogP) is 6.17. The van der Waals surface area contributed by atoms with Gasteiger partial charge in [0.05, 0.1) is 22.4 Å². The minimum atomic E-state index is 0.0879. The van der Waals surface area contributed by atoms with Gasteiger partial charge < -0.3 is 9.73 Å². The molecule has 1 saturated carbocycles. The van der Waals surface area contributed by atoms with Crippen molar-refractivity contribution in [2.45, 2.75) is 76.2 Å². The lowest BCUT2D eigenvalue weighted by Crippen LogP contribution is -2.20. The fraction of sp³-hybridized carbons (Fsp3) is 0.667. The summed E-state index contributed by atoms with van der Waals surface area (Å²) in [4.78, 5) is 21.0. The number of carbonyl (C=O) groups is 1. The number of oxazole rings is 1. The molecule has 1 N–H and O–H groups in total. The van der Waals surface area contributed by atoms with Crippen LogP contribution >= 0.6 is 23.1 Å². The third kappa shape index (κ3) is 6.92. The molecule has 0 radical (unpaired) electrons. The van der Waals surface area contributed by atoms with Crippen molar-refractivity contribution in [3.8, 4) is 0 Å². The topological polar surface area (TPSA) is 68.0 Å². The van der Waals surface area contributed by atoms with E-state index in [-0.39, 0.29) is 11.3 Å². The van der Waals surface area contributed by atoms with Crippen LogP contribution in [0.2, 0.25) is 0 Å². The Labute approximate surface area is 176 Å². The fourth-order valence-electron chi connectivity index (χ4n) is 3.50. The fourth-order valence-corrected chi connectivity index (χ4v) is 5.24. The molecule has 2 aromatic rings. The lowest BCUT2D eigenvalue weighted by molar-refractivity contribution is -0.117. The standard InChI is InChI=1S/C21H31N3O2S2/c1-14-5-7-15(8-6-14)9-17(25)24-20-23-12-19(28-20)27-13-18-22-11-16(26-18)10-21(2,3)4/h11-12,14-15H,5-10,13H2,1-4H3,(H,23,24,25). The molecule has 0 atom stereocenters. The first-order valence-electron chi connectivity index (χ1n) is 10.1. The Bertz CT molecular complexity index is 771. The Hall–Kier alpha value is -1.34. The van der Waals surface area contributed by atoms with Gasteiger partial charge in [-0.25, -0.2) is 9.97 Å². The number of hydrogen-bond acceptors (Lipinski definition) is 6. The second-order valence-corrected chi connectivity index (χ2v) is 11.4. The summed E-state index contributed by atoms with van der Waals surface area (Å²) in [5, 5.41) is 3.64. The third-order valence-corrected chi connectivity index (χ3v) is 7.08. The summed E-state index contributed by atoms with van der Waals surface area (Å²) in [6, 6.07) is 0. The monoisotopic (exact) mass is 421 g/mol. The highest BCUT2D eigenvalue weighted by molar-refractivity contribution is 8.00. The van der Waals surface area contributed by atoms with Crippen molar-refractivity contribution in [3.05, 3.63) is 24.0 Å². The van der Waals surface area contributed by atoms with E-state index in [0.29, 0.717) is 23.2 Å². The van der Waals surface area contributed by atoms with Gasteiger partial charge in [-0.2, -0.15) is 0 Å². The molecule has 2 aromatic heterocycles. The molecule has 7 heteroatoms. The van der Waals surface area contributed by atoms with Gasteiger partial charge in [0, 0.05) is 12.8 Å². The van der Waals surface area contributed by atoms with Gasteiger partial charge in [0.15, 0.2) is 5.13 Å². The molecule has 0 saturated heterocycles.